The summed E-state index contributed by atoms with van der Waals surface area (Å²) in [5.74, 6) is -0.0659. The van der Waals surface area contributed by atoms with Gasteiger partial charge in [0.25, 0.3) is 5.91 Å². The molecule has 1 aliphatic rings. The Morgan fingerprint density at radius 1 is 0.963 bits per heavy atom. The van der Waals surface area contributed by atoms with Gasteiger partial charge < -0.3 is 5.32 Å². The lowest BCUT2D eigenvalue weighted by molar-refractivity contribution is 0.0956. The van der Waals surface area contributed by atoms with Crippen LogP contribution in [0, 0.1) is 0 Å². The van der Waals surface area contributed by atoms with Crippen molar-refractivity contribution in [2.45, 2.75) is 18.4 Å². The van der Waals surface area contributed by atoms with Gasteiger partial charge in [0, 0.05) is 44.8 Å². The summed E-state index contributed by atoms with van der Waals surface area (Å²) >= 11 is 0. The molecule has 3 rings (SSSR count). The summed E-state index contributed by atoms with van der Waals surface area (Å²) in [5, 5.41) is 2.78. The van der Waals surface area contributed by atoms with E-state index in [4.69, 9.17) is 0 Å². The van der Waals surface area contributed by atoms with Gasteiger partial charge in [-0.3, -0.25) is 9.69 Å². The first-order valence-electron chi connectivity index (χ1n) is 9.15. The normalized spacial score (nSPS) is 16.2. The number of sulfonamides is 1. The van der Waals surface area contributed by atoms with Crippen LogP contribution >= 0.6 is 0 Å². The molecule has 0 saturated carbocycles. The molecular weight excluding hydrogens is 362 g/mol. The second-order valence-corrected chi connectivity index (χ2v) is 8.49. The van der Waals surface area contributed by atoms with Crippen molar-refractivity contribution >= 4 is 15.9 Å². The topological polar surface area (TPSA) is 69.7 Å². The van der Waals surface area contributed by atoms with Crippen molar-refractivity contribution in [3.05, 3.63) is 65.7 Å². The van der Waals surface area contributed by atoms with E-state index in [0.717, 1.165) is 12.1 Å². The smallest absolute Gasteiger partial charge is 0.251 e. The maximum Gasteiger partial charge on any atom is 0.251 e. The predicted octanol–water partition coefficient (Wildman–Crippen LogP) is 1.94. The van der Waals surface area contributed by atoms with Gasteiger partial charge in [-0.05, 0) is 36.8 Å². The molecule has 0 atom stereocenters. The molecule has 0 unspecified atom stereocenters. The molecule has 1 aliphatic heterocycles. The Balaban J connectivity index is 1.56. The van der Waals surface area contributed by atoms with Gasteiger partial charge >= 0.3 is 0 Å². The largest absolute Gasteiger partial charge is 0.352 e. The van der Waals surface area contributed by atoms with Crippen molar-refractivity contribution in [1.82, 2.24) is 14.5 Å². The van der Waals surface area contributed by atoms with Crippen LogP contribution in [-0.2, 0) is 16.6 Å². The zero-order chi connectivity index (χ0) is 19.3. The number of nitrogens with one attached hydrogen (secondary N) is 1. The third kappa shape index (κ3) is 4.74. The van der Waals surface area contributed by atoms with Crippen LogP contribution in [-0.4, -0.2) is 56.3 Å². The molecule has 1 N–H and O–H groups in total. The number of rotatable bonds is 6. The van der Waals surface area contributed by atoms with Crippen molar-refractivity contribution in [2.24, 2.45) is 0 Å². The summed E-state index contributed by atoms with van der Waals surface area (Å²) in [6.07, 6.45) is 0. The first-order chi connectivity index (χ1) is 13.0. The van der Waals surface area contributed by atoms with Gasteiger partial charge in [0.1, 0.15) is 0 Å². The summed E-state index contributed by atoms with van der Waals surface area (Å²) in [6.45, 7) is 5.58. The highest BCUT2D eigenvalue weighted by molar-refractivity contribution is 7.89. The Morgan fingerprint density at radius 3 is 2.19 bits per heavy atom. The SMILES string of the molecule is CCNC(=O)c1ccc(CN2CCN(S(=O)(=O)c3ccccc3)CC2)cc1. The minimum atomic E-state index is -3.42. The Morgan fingerprint density at radius 2 is 1.59 bits per heavy atom. The van der Waals surface area contributed by atoms with E-state index in [-0.39, 0.29) is 5.91 Å². The molecule has 2 aromatic carbocycles. The molecular formula is C20H25N3O3S. The second kappa shape index (κ2) is 8.65. The molecule has 144 valence electrons. The fourth-order valence-electron chi connectivity index (χ4n) is 3.15. The predicted molar refractivity (Wildman–Crippen MR) is 105 cm³/mol. The molecule has 27 heavy (non-hydrogen) atoms. The summed E-state index contributed by atoms with van der Waals surface area (Å²) < 4.78 is 26.9. The lowest BCUT2D eigenvalue weighted by atomic mass is 10.1. The average Bonchev–Trinajstić information content (AvgIpc) is 2.70. The number of piperazine rings is 1. The molecule has 0 bridgehead atoms. The highest BCUT2D eigenvalue weighted by Crippen LogP contribution is 2.18. The molecule has 1 heterocycles. The van der Waals surface area contributed by atoms with Gasteiger partial charge in [0.2, 0.25) is 10.0 Å². The monoisotopic (exact) mass is 387 g/mol. The van der Waals surface area contributed by atoms with Crippen molar-refractivity contribution in [1.29, 1.82) is 0 Å². The van der Waals surface area contributed by atoms with Gasteiger partial charge in [-0.25, -0.2) is 8.42 Å². The molecule has 2 aromatic rings. The van der Waals surface area contributed by atoms with Crippen LogP contribution in [0.3, 0.4) is 0 Å². The summed E-state index contributed by atoms with van der Waals surface area (Å²) in [6, 6.07) is 16.1. The van der Waals surface area contributed by atoms with E-state index in [1.54, 1.807) is 28.6 Å². The number of amides is 1. The first kappa shape index (κ1) is 19.5. The van der Waals surface area contributed by atoms with Gasteiger partial charge in [0.15, 0.2) is 0 Å². The Kier molecular flexibility index (Phi) is 6.26. The third-order valence-corrected chi connectivity index (χ3v) is 6.58. The van der Waals surface area contributed by atoms with Gasteiger partial charge in [0.05, 0.1) is 4.90 Å². The zero-order valence-corrected chi connectivity index (χ0v) is 16.3. The van der Waals surface area contributed by atoms with Crippen LogP contribution in [0.4, 0.5) is 0 Å². The Hall–Kier alpha value is -2.22. The zero-order valence-electron chi connectivity index (χ0n) is 15.5. The van der Waals surface area contributed by atoms with Crippen LogP contribution in [0.2, 0.25) is 0 Å². The van der Waals surface area contributed by atoms with Crippen LogP contribution in [0.25, 0.3) is 0 Å². The minimum Gasteiger partial charge on any atom is -0.352 e. The highest BCUT2D eigenvalue weighted by atomic mass is 32.2. The molecule has 0 aliphatic carbocycles. The number of benzene rings is 2. The molecule has 0 radical (unpaired) electrons. The van der Waals surface area contributed by atoms with Crippen LogP contribution in [0.15, 0.2) is 59.5 Å². The number of carbonyl (C=O) groups is 1. The lowest BCUT2D eigenvalue weighted by Crippen LogP contribution is -2.48. The van der Waals surface area contributed by atoms with E-state index in [2.05, 4.69) is 10.2 Å². The van der Waals surface area contributed by atoms with E-state index in [1.165, 1.54) is 0 Å². The molecule has 1 amide bonds. The number of hydrogen-bond donors (Lipinski definition) is 1. The average molecular weight is 388 g/mol. The van der Waals surface area contributed by atoms with Crippen LogP contribution in [0.5, 0.6) is 0 Å². The van der Waals surface area contributed by atoms with Crippen LogP contribution < -0.4 is 5.32 Å². The van der Waals surface area contributed by atoms with Crippen molar-refractivity contribution in [3.63, 3.8) is 0 Å². The van der Waals surface area contributed by atoms with Crippen molar-refractivity contribution in [2.75, 3.05) is 32.7 Å². The Bertz CT molecular complexity index is 859. The summed E-state index contributed by atoms with van der Waals surface area (Å²) in [4.78, 5) is 14.4. The van der Waals surface area contributed by atoms with E-state index in [9.17, 15) is 13.2 Å². The highest BCUT2D eigenvalue weighted by Gasteiger charge is 2.28. The number of carbonyl (C=O) groups excluding carboxylic acids is 1. The van der Waals surface area contributed by atoms with E-state index in [1.807, 2.05) is 37.3 Å². The van der Waals surface area contributed by atoms with Crippen molar-refractivity contribution in [3.8, 4) is 0 Å². The third-order valence-electron chi connectivity index (χ3n) is 4.67. The van der Waals surface area contributed by atoms with Gasteiger partial charge in [-0.15, -0.1) is 0 Å². The fraction of sp³-hybridized carbons (Fsp3) is 0.350. The quantitative estimate of drug-likeness (QED) is 0.822. The lowest BCUT2D eigenvalue weighted by Gasteiger charge is -2.34. The molecule has 7 heteroatoms. The van der Waals surface area contributed by atoms with Gasteiger partial charge in [-0.2, -0.15) is 4.31 Å². The van der Waals surface area contributed by atoms with Crippen LogP contribution in [0.1, 0.15) is 22.8 Å². The van der Waals surface area contributed by atoms with E-state index in [0.29, 0.717) is 43.2 Å². The fourth-order valence-corrected chi connectivity index (χ4v) is 4.60. The standard InChI is InChI=1S/C20H25N3O3S/c1-2-21-20(24)18-10-8-17(9-11-18)16-22-12-14-23(15-13-22)27(25,26)19-6-4-3-5-7-19/h3-11H,2,12-16H2,1H3,(H,21,24). The van der Waals surface area contributed by atoms with E-state index < -0.39 is 10.0 Å². The summed E-state index contributed by atoms with van der Waals surface area (Å²) in [7, 11) is -3.42. The maximum absolute atomic E-state index is 12.7. The van der Waals surface area contributed by atoms with Gasteiger partial charge in [-0.1, -0.05) is 30.3 Å². The summed E-state index contributed by atoms with van der Waals surface area (Å²) in [5.41, 5.74) is 1.77. The Labute approximate surface area is 160 Å². The molecule has 6 nitrogen and oxygen atoms in total. The maximum atomic E-state index is 12.7. The van der Waals surface area contributed by atoms with E-state index >= 15 is 0 Å². The molecule has 1 fully saturated rings. The first-order valence-corrected chi connectivity index (χ1v) is 10.6. The molecule has 0 aromatic heterocycles. The molecule has 0 spiro atoms. The minimum absolute atomic E-state index is 0.0659. The van der Waals surface area contributed by atoms with Crippen molar-refractivity contribution < 1.29 is 13.2 Å². The number of hydrogen-bond acceptors (Lipinski definition) is 4. The number of nitrogens with zero attached hydrogens (tertiary/aromatic N) is 2. The molecule has 1 saturated heterocycles. The second-order valence-electron chi connectivity index (χ2n) is 6.55.